The van der Waals surface area contributed by atoms with Crippen LogP contribution in [0.1, 0.15) is 32.8 Å². The van der Waals surface area contributed by atoms with E-state index in [2.05, 4.69) is 4.90 Å². The van der Waals surface area contributed by atoms with Crippen LogP contribution in [0.15, 0.2) is 24.3 Å². The van der Waals surface area contributed by atoms with E-state index in [0.29, 0.717) is 0 Å². The third kappa shape index (κ3) is 3.73. The molecule has 0 radical (unpaired) electrons. The van der Waals surface area contributed by atoms with Crippen molar-refractivity contribution in [3.05, 3.63) is 29.8 Å². The van der Waals surface area contributed by atoms with Crippen LogP contribution in [-0.4, -0.2) is 36.2 Å². The fourth-order valence-electron chi connectivity index (χ4n) is 2.23. The third-order valence-corrected chi connectivity index (χ3v) is 3.35. The molecule has 0 N–H and O–H groups in total. The number of benzene rings is 1. The fourth-order valence-corrected chi connectivity index (χ4v) is 2.23. The van der Waals surface area contributed by atoms with Crippen LogP contribution >= 0.6 is 0 Å². The molecule has 1 saturated heterocycles. The first-order chi connectivity index (χ1) is 9.39. The van der Waals surface area contributed by atoms with E-state index < -0.39 is 5.60 Å². The monoisotopic (exact) mass is 277 g/mol. The summed E-state index contributed by atoms with van der Waals surface area (Å²) in [4.78, 5) is 14.2. The van der Waals surface area contributed by atoms with E-state index >= 15 is 0 Å². The molecule has 1 heterocycles. The minimum absolute atomic E-state index is 0.101. The van der Waals surface area contributed by atoms with E-state index in [1.807, 2.05) is 45.0 Å². The molecule has 0 amide bonds. The zero-order valence-corrected chi connectivity index (χ0v) is 12.7. The Kier molecular flexibility index (Phi) is 4.33. The second kappa shape index (κ2) is 5.83. The molecule has 0 saturated carbocycles. The lowest BCUT2D eigenvalue weighted by atomic mass is 10.0. The molecule has 1 aliphatic heterocycles. The van der Waals surface area contributed by atoms with E-state index in [0.717, 1.165) is 25.3 Å². The molecule has 0 bridgehead atoms. The average molecular weight is 277 g/mol. The molecule has 2 rings (SSSR count). The van der Waals surface area contributed by atoms with Gasteiger partial charge in [0.15, 0.2) is 0 Å². The van der Waals surface area contributed by atoms with Crippen LogP contribution in [0.3, 0.4) is 0 Å². The molecule has 1 aliphatic rings. The summed E-state index contributed by atoms with van der Waals surface area (Å²) in [5, 5.41) is 0. The molecule has 4 heteroatoms. The van der Waals surface area contributed by atoms with Crippen molar-refractivity contribution in [3.8, 4) is 5.75 Å². The molecular weight excluding hydrogens is 254 g/mol. The topological polar surface area (TPSA) is 38.8 Å². The molecule has 0 aliphatic carbocycles. The summed E-state index contributed by atoms with van der Waals surface area (Å²) in [5.74, 6) is 0.735. The zero-order chi connectivity index (χ0) is 14.8. The van der Waals surface area contributed by atoms with Crippen molar-refractivity contribution < 1.29 is 14.3 Å². The first-order valence-electron chi connectivity index (χ1n) is 6.99. The number of likely N-dealkylation sites (tertiary alicyclic amines) is 1. The summed E-state index contributed by atoms with van der Waals surface area (Å²) in [5.41, 5.74) is 0.761. The summed E-state index contributed by atoms with van der Waals surface area (Å²) >= 11 is 0. The largest absolute Gasteiger partial charge is 0.497 e. The summed E-state index contributed by atoms with van der Waals surface area (Å²) in [6.07, 6.45) is 0.880. The van der Waals surface area contributed by atoms with Gasteiger partial charge in [-0.25, -0.2) is 0 Å². The highest BCUT2D eigenvalue weighted by Crippen LogP contribution is 2.24. The van der Waals surface area contributed by atoms with Gasteiger partial charge in [0.25, 0.3) is 0 Å². The van der Waals surface area contributed by atoms with Crippen molar-refractivity contribution >= 4 is 5.97 Å². The van der Waals surface area contributed by atoms with Gasteiger partial charge in [-0.2, -0.15) is 0 Å². The predicted octanol–water partition coefficient (Wildman–Crippen LogP) is 2.61. The average Bonchev–Trinajstić information content (AvgIpc) is 2.33. The molecule has 110 valence electrons. The van der Waals surface area contributed by atoms with E-state index in [1.165, 1.54) is 5.56 Å². The fraction of sp³-hybridized carbons (Fsp3) is 0.562. The van der Waals surface area contributed by atoms with Crippen molar-refractivity contribution in [2.75, 3.05) is 13.7 Å². The van der Waals surface area contributed by atoms with Crippen LogP contribution in [0.2, 0.25) is 0 Å². The van der Waals surface area contributed by atoms with Crippen LogP contribution in [0.25, 0.3) is 0 Å². The quantitative estimate of drug-likeness (QED) is 0.793. The maximum absolute atomic E-state index is 12.1. The number of carbonyl (C=O) groups excluding carboxylic acids is 1. The standard InChI is InChI=1S/C16H23NO3/c1-16(2,3)20-15(18)14-9-10-17(14)11-12-5-7-13(19-4)8-6-12/h5-8,14H,9-11H2,1-4H3/t14-/m1/s1. The van der Waals surface area contributed by atoms with E-state index in [1.54, 1.807) is 7.11 Å². The van der Waals surface area contributed by atoms with E-state index in [-0.39, 0.29) is 12.0 Å². The molecule has 4 nitrogen and oxygen atoms in total. The van der Waals surface area contributed by atoms with Crippen LogP contribution in [0.4, 0.5) is 0 Å². The number of esters is 1. The molecule has 1 fully saturated rings. The van der Waals surface area contributed by atoms with Gasteiger partial charge in [0.05, 0.1) is 7.11 Å². The minimum atomic E-state index is -0.418. The van der Waals surface area contributed by atoms with Crippen molar-refractivity contribution in [2.24, 2.45) is 0 Å². The summed E-state index contributed by atoms with van der Waals surface area (Å²) in [6, 6.07) is 7.85. The number of carbonyl (C=O) groups is 1. The number of nitrogens with zero attached hydrogens (tertiary/aromatic N) is 1. The van der Waals surface area contributed by atoms with Gasteiger partial charge in [0.2, 0.25) is 0 Å². The van der Waals surface area contributed by atoms with Gasteiger partial charge in [0.1, 0.15) is 17.4 Å². The van der Waals surface area contributed by atoms with Crippen LogP contribution in [-0.2, 0) is 16.1 Å². The number of hydrogen-bond donors (Lipinski definition) is 0. The number of rotatable bonds is 4. The SMILES string of the molecule is COc1ccc(CN2CC[C@@H]2C(=O)OC(C)(C)C)cc1. The number of hydrogen-bond acceptors (Lipinski definition) is 4. The Morgan fingerprint density at radius 2 is 1.95 bits per heavy atom. The van der Waals surface area contributed by atoms with Crippen LogP contribution < -0.4 is 4.74 Å². The van der Waals surface area contributed by atoms with Crippen molar-refractivity contribution in [1.82, 2.24) is 4.90 Å². The summed E-state index contributed by atoms with van der Waals surface area (Å²) in [6.45, 7) is 7.41. The Hall–Kier alpha value is -1.55. The highest BCUT2D eigenvalue weighted by molar-refractivity contribution is 5.77. The second-order valence-corrected chi connectivity index (χ2v) is 6.16. The van der Waals surface area contributed by atoms with Crippen LogP contribution in [0, 0.1) is 0 Å². The first kappa shape index (κ1) is 14.9. The Balaban J connectivity index is 1.91. The molecule has 1 aromatic rings. The molecule has 1 aromatic carbocycles. The maximum Gasteiger partial charge on any atom is 0.323 e. The Bertz CT molecular complexity index is 462. The maximum atomic E-state index is 12.1. The highest BCUT2D eigenvalue weighted by Gasteiger charge is 2.36. The second-order valence-electron chi connectivity index (χ2n) is 6.16. The Morgan fingerprint density at radius 3 is 2.40 bits per heavy atom. The minimum Gasteiger partial charge on any atom is -0.497 e. The summed E-state index contributed by atoms with van der Waals surface area (Å²) in [7, 11) is 1.66. The van der Waals surface area contributed by atoms with Gasteiger partial charge in [-0.1, -0.05) is 12.1 Å². The molecular formula is C16H23NO3. The number of methoxy groups -OCH3 is 1. The van der Waals surface area contributed by atoms with Crippen molar-refractivity contribution in [3.63, 3.8) is 0 Å². The number of ether oxygens (including phenoxy) is 2. The van der Waals surface area contributed by atoms with Crippen molar-refractivity contribution in [1.29, 1.82) is 0 Å². The molecule has 0 spiro atoms. The predicted molar refractivity (Wildman–Crippen MR) is 77.7 cm³/mol. The molecule has 0 unspecified atom stereocenters. The van der Waals surface area contributed by atoms with E-state index in [9.17, 15) is 4.79 Å². The lowest BCUT2D eigenvalue weighted by molar-refractivity contribution is -0.166. The zero-order valence-electron chi connectivity index (χ0n) is 12.7. The normalized spacial score (nSPS) is 19.3. The lowest BCUT2D eigenvalue weighted by Crippen LogP contribution is -2.53. The van der Waals surface area contributed by atoms with Gasteiger partial charge < -0.3 is 9.47 Å². The Morgan fingerprint density at radius 1 is 1.30 bits per heavy atom. The first-order valence-corrected chi connectivity index (χ1v) is 6.99. The summed E-state index contributed by atoms with van der Waals surface area (Å²) < 4.78 is 10.6. The molecule has 1 atom stereocenters. The van der Waals surface area contributed by atoms with Gasteiger partial charge in [-0.05, 0) is 44.9 Å². The molecule has 0 aromatic heterocycles. The van der Waals surface area contributed by atoms with Gasteiger partial charge in [-0.15, -0.1) is 0 Å². The van der Waals surface area contributed by atoms with Gasteiger partial charge >= 0.3 is 5.97 Å². The molecule has 20 heavy (non-hydrogen) atoms. The smallest absolute Gasteiger partial charge is 0.323 e. The van der Waals surface area contributed by atoms with Gasteiger partial charge in [-0.3, -0.25) is 9.69 Å². The van der Waals surface area contributed by atoms with Crippen molar-refractivity contribution in [2.45, 2.75) is 45.4 Å². The van der Waals surface area contributed by atoms with E-state index in [4.69, 9.17) is 9.47 Å². The van der Waals surface area contributed by atoms with Gasteiger partial charge in [0, 0.05) is 13.1 Å². The lowest BCUT2D eigenvalue weighted by Gasteiger charge is -2.40. The highest BCUT2D eigenvalue weighted by atomic mass is 16.6. The Labute approximate surface area is 120 Å². The third-order valence-electron chi connectivity index (χ3n) is 3.35. The van der Waals surface area contributed by atoms with Crippen LogP contribution in [0.5, 0.6) is 5.75 Å².